The molecule has 0 saturated carbocycles. The molecule has 7 heteroatoms. The van der Waals surface area contributed by atoms with Crippen molar-refractivity contribution in [2.75, 3.05) is 18.2 Å². The summed E-state index contributed by atoms with van der Waals surface area (Å²) < 4.78 is 12.7. The number of anilines is 1. The number of carbonyl (C=O) groups excluding carboxylic acids is 1. The fourth-order valence-corrected chi connectivity index (χ4v) is 4.03. The Kier molecular flexibility index (Phi) is 7.77. The molecule has 5 nitrogen and oxygen atoms in total. The molecule has 0 aliphatic carbocycles. The van der Waals surface area contributed by atoms with Crippen molar-refractivity contribution in [2.45, 2.75) is 33.6 Å². The largest absolute Gasteiger partial charge is 0.490 e. The first-order valence-corrected chi connectivity index (χ1v) is 11.4. The number of carbonyl (C=O) groups is 1. The van der Waals surface area contributed by atoms with Crippen molar-refractivity contribution in [3.05, 3.63) is 56.1 Å². The second kappa shape index (κ2) is 10.3. The van der Waals surface area contributed by atoms with E-state index < -0.39 is 0 Å². The minimum atomic E-state index is -0.211. The van der Waals surface area contributed by atoms with Gasteiger partial charge in [0.2, 0.25) is 0 Å². The van der Waals surface area contributed by atoms with Gasteiger partial charge in [-0.15, -0.1) is 0 Å². The summed E-state index contributed by atoms with van der Waals surface area (Å²) in [6.45, 7) is 7.05. The van der Waals surface area contributed by atoms with Crippen molar-refractivity contribution in [3.8, 4) is 11.5 Å². The van der Waals surface area contributed by atoms with Crippen LogP contribution in [-0.4, -0.2) is 24.8 Å². The number of ether oxygens (including phenoxy) is 2. The van der Waals surface area contributed by atoms with Crippen molar-refractivity contribution in [1.82, 2.24) is 0 Å². The van der Waals surface area contributed by atoms with Gasteiger partial charge in [-0.3, -0.25) is 4.79 Å². The summed E-state index contributed by atoms with van der Waals surface area (Å²) in [4.78, 5) is 13.0. The molecule has 2 aromatic rings. The molecule has 0 N–H and O–H groups in total. The lowest BCUT2D eigenvalue weighted by Crippen LogP contribution is -2.21. The zero-order valence-electron chi connectivity index (χ0n) is 17.2. The minimum absolute atomic E-state index is 0.211. The molecule has 0 unspecified atom stereocenters. The van der Waals surface area contributed by atoms with Crippen molar-refractivity contribution in [3.63, 3.8) is 0 Å². The number of hydrogen-bond acceptors (Lipinski definition) is 4. The quantitative estimate of drug-likeness (QED) is 0.224. The summed E-state index contributed by atoms with van der Waals surface area (Å²) in [6.07, 6.45) is 3.88. The third-order valence-corrected chi connectivity index (χ3v) is 5.65. The summed E-state index contributed by atoms with van der Waals surface area (Å²) in [5, 5.41) is 6.24. The van der Waals surface area contributed by atoms with Gasteiger partial charge in [0.15, 0.2) is 11.5 Å². The number of amides is 1. The molecule has 0 fully saturated rings. The summed E-state index contributed by atoms with van der Waals surface area (Å²) >= 11 is 8.50. The van der Waals surface area contributed by atoms with Crippen LogP contribution in [0.3, 0.4) is 0 Å². The highest BCUT2D eigenvalue weighted by molar-refractivity contribution is 14.1. The molecule has 0 saturated heterocycles. The van der Waals surface area contributed by atoms with Crippen molar-refractivity contribution in [1.29, 1.82) is 0 Å². The van der Waals surface area contributed by atoms with Crippen LogP contribution in [0.15, 0.2) is 47.1 Å². The van der Waals surface area contributed by atoms with Gasteiger partial charge in [-0.25, -0.2) is 0 Å². The van der Waals surface area contributed by atoms with Crippen LogP contribution in [0.25, 0.3) is 6.08 Å². The maximum absolute atomic E-state index is 13.0. The van der Waals surface area contributed by atoms with Gasteiger partial charge in [0.05, 0.1) is 38.8 Å². The summed E-state index contributed by atoms with van der Waals surface area (Å²) in [5.74, 6) is 1.21. The number of para-hydroxylation sites is 1. The first-order valence-electron chi connectivity index (χ1n) is 9.91. The van der Waals surface area contributed by atoms with E-state index >= 15 is 0 Å². The average molecular weight is 539 g/mol. The molecule has 0 spiro atoms. The van der Waals surface area contributed by atoms with E-state index in [1.165, 1.54) is 5.01 Å². The van der Waals surface area contributed by atoms with Crippen molar-refractivity contribution < 1.29 is 14.3 Å². The topological polar surface area (TPSA) is 51.1 Å². The van der Waals surface area contributed by atoms with Crippen LogP contribution in [0.1, 0.15) is 39.2 Å². The zero-order valence-corrected chi connectivity index (χ0v) is 20.2. The van der Waals surface area contributed by atoms with Crippen LogP contribution in [0, 0.1) is 3.57 Å². The van der Waals surface area contributed by atoms with E-state index in [2.05, 4.69) is 34.6 Å². The predicted molar refractivity (Wildman–Crippen MR) is 131 cm³/mol. The maximum atomic E-state index is 13.0. The molecule has 2 aromatic carbocycles. The zero-order chi connectivity index (χ0) is 21.7. The molecule has 3 rings (SSSR count). The Hall–Kier alpha value is -2.06. The van der Waals surface area contributed by atoms with Crippen LogP contribution in [-0.2, 0) is 4.79 Å². The Bertz CT molecular complexity index is 1000. The van der Waals surface area contributed by atoms with E-state index in [4.69, 9.17) is 21.1 Å². The van der Waals surface area contributed by atoms with Gasteiger partial charge in [-0.2, -0.15) is 10.1 Å². The molecular formula is C23H24ClIN2O3. The number of hydrogen-bond donors (Lipinski definition) is 0. The Morgan fingerprint density at radius 2 is 1.97 bits per heavy atom. The lowest BCUT2D eigenvalue weighted by atomic mass is 10.1. The molecule has 30 heavy (non-hydrogen) atoms. The van der Waals surface area contributed by atoms with Crippen LogP contribution >= 0.6 is 34.2 Å². The summed E-state index contributed by atoms with van der Waals surface area (Å²) in [7, 11) is 0. The van der Waals surface area contributed by atoms with E-state index in [0.717, 1.165) is 27.7 Å². The van der Waals surface area contributed by atoms with Gasteiger partial charge in [0.1, 0.15) is 0 Å². The molecule has 1 aliphatic heterocycles. The van der Waals surface area contributed by atoms with Crippen LogP contribution in [0.4, 0.5) is 5.69 Å². The fraction of sp³-hybridized carbons (Fsp3) is 0.304. The number of rotatable bonds is 8. The standard InChI is InChI=1S/C23H24ClIN2O3/c1-4-6-11-30-22-19(25)13-16(14-21(22)29-5-2)12-17-15(3)26-27(23(17)28)20-10-8-7-9-18(20)24/h7-10,12-14H,4-6,11H2,1-3H3. The monoisotopic (exact) mass is 538 g/mol. The first kappa shape index (κ1) is 22.6. The van der Waals surface area contributed by atoms with Gasteiger partial charge in [-0.1, -0.05) is 37.1 Å². The van der Waals surface area contributed by atoms with E-state index in [-0.39, 0.29) is 5.91 Å². The SMILES string of the molecule is CCCCOc1c(I)cc(C=C2C(=O)N(c3ccccc3Cl)N=C2C)cc1OCC. The molecule has 0 aromatic heterocycles. The molecule has 0 atom stereocenters. The fourth-order valence-electron chi connectivity index (χ4n) is 3.03. The molecular weight excluding hydrogens is 515 g/mol. The number of benzene rings is 2. The Labute approximate surface area is 195 Å². The Morgan fingerprint density at radius 1 is 1.20 bits per heavy atom. The second-order valence-corrected chi connectivity index (χ2v) is 8.35. The lowest BCUT2D eigenvalue weighted by molar-refractivity contribution is -0.114. The van der Waals surface area contributed by atoms with Crippen molar-refractivity contribution >= 4 is 57.6 Å². The molecule has 1 amide bonds. The highest BCUT2D eigenvalue weighted by Gasteiger charge is 2.30. The smallest absolute Gasteiger partial charge is 0.280 e. The first-order chi connectivity index (χ1) is 14.5. The highest BCUT2D eigenvalue weighted by atomic mass is 127. The third kappa shape index (κ3) is 4.98. The normalized spacial score (nSPS) is 15.0. The molecule has 0 radical (unpaired) electrons. The Morgan fingerprint density at radius 3 is 2.67 bits per heavy atom. The second-order valence-electron chi connectivity index (χ2n) is 6.78. The van der Waals surface area contributed by atoms with Gasteiger partial charge in [-0.05, 0) is 78.8 Å². The van der Waals surface area contributed by atoms with Crippen LogP contribution in [0.2, 0.25) is 5.02 Å². The van der Waals surface area contributed by atoms with E-state index in [0.29, 0.717) is 41.0 Å². The molecule has 0 bridgehead atoms. The van der Waals surface area contributed by atoms with E-state index in [1.807, 2.05) is 44.2 Å². The van der Waals surface area contributed by atoms with Gasteiger partial charge < -0.3 is 9.47 Å². The third-order valence-electron chi connectivity index (χ3n) is 4.53. The number of nitrogens with zero attached hydrogens (tertiary/aromatic N) is 2. The lowest BCUT2D eigenvalue weighted by Gasteiger charge is -2.15. The van der Waals surface area contributed by atoms with Gasteiger partial charge >= 0.3 is 0 Å². The maximum Gasteiger partial charge on any atom is 0.280 e. The number of unbranched alkanes of at least 4 members (excludes halogenated alkanes) is 1. The molecule has 1 aliphatic rings. The summed E-state index contributed by atoms with van der Waals surface area (Å²) in [5.41, 5.74) is 2.57. The van der Waals surface area contributed by atoms with Crippen molar-refractivity contribution in [2.24, 2.45) is 5.10 Å². The predicted octanol–water partition coefficient (Wildman–Crippen LogP) is 6.33. The van der Waals surface area contributed by atoms with Crippen LogP contribution < -0.4 is 14.5 Å². The van der Waals surface area contributed by atoms with E-state index in [9.17, 15) is 4.79 Å². The minimum Gasteiger partial charge on any atom is -0.490 e. The average Bonchev–Trinajstić information content (AvgIpc) is 2.99. The van der Waals surface area contributed by atoms with Gasteiger partial charge in [0, 0.05) is 0 Å². The van der Waals surface area contributed by atoms with Gasteiger partial charge in [0.25, 0.3) is 5.91 Å². The highest BCUT2D eigenvalue weighted by Crippen LogP contribution is 2.36. The molecule has 158 valence electrons. The van der Waals surface area contributed by atoms with E-state index in [1.54, 1.807) is 12.1 Å². The Balaban J connectivity index is 1.93. The van der Waals surface area contributed by atoms with Crippen LogP contribution in [0.5, 0.6) is 11.5 Å². The molecule has 1 heterocycles. The number of halogens is 2. The number of hydrazone groups is 1. The summed E-state index contributed by atoms with van der Waals surface area (Å²) in [6, 6.07) is 11.0.